The van der Waals surface area contributed by atoms with Crippen LogP contribution in [0.2, 0.25) is 0 Å². The van der Waals surface area contributed by atoms with Crippen LogP contribution in [0.15, 0.2) is 0 Å². The Hall–Kier alpha value is -0.720. The Morgan fingerprint density at radius 1 is 1.53 bits per heavy atom. The summed E-state index contributed by atoms with van der Waals surface area (Å²) in [5, 5.41) is 7.47. The van der Waals surface area contributed by atoms with Crippen molar-refractivity contribution in [1.29, 1.82) is 0 Å². The van der Waals surface area contributed by atoms with Crippen LogP contribution in [0.1, 0.15) is 26.6 Å². The van der Waals surface area contributed by atoms with Crippen LogP contribution in [-0.4, -0.2) is 41.7 Å². The number of hydrogen-bond acceptors (Lipinski definition) is 6. The van der Waals surface area contributed by atoms with Gasteiger partial charge in [-0.05, 0) is 0 Å². The molecule has 1 unspecified atom stereocenters. The molecule has 0 saturated carbocycles. The molecule has 0 amide bonds. The lowest BCUT2D eigenvalue weighted by Gasteiger charge is -2.23. The van der Waals surface area contributed by atoms with Crippen LogP contribution in [0.3, 0.4) is 0 Å². The fourth-order valence-electron chi connectivity index (χ4n) is 1.55. The van der Waals surface area contributed by atoms with E-state index in [9.17, 15) is 0 Å². The summed E-state index contributed by atoms with van der Waals surface area (Å²) < 4.78 is 9.97. The van der Waals surface area contributed by atoms with Gasteiger partial charge in [0.1, 0.15) is 5.82 Å². The van der Waals surface area contributed by atoms with E-state index in [1.165, 1.54) is 11.5 Å². The highest BCUT2D eigenvalue weighted by Crippen LogP contribution is 2.22. The first-order valence-corrected chi connectivity index (χ1v) is 6.73. The van der Waals surface area contributed by atoms with Gasteiger partial charge in [-0.25, -0.2) is 4.98 Å². The second kappa shape index (κ2) is 5.29. The Bertz CT molecular complexity index is 355. The zero-order chi connectivity index (χ0) is 12.3. The first-order valence-electron chi connectivity index (χ1n) is 5.96. The molecule has 0 aliphatic carbocycles. The van der Waals surface area contributed by atoms with Crippen LogP contribution >= 0.6 is 11.5 Å². The minimum Gasteiger partial charge on any atom is -0.374 e. The molecule has 2 heterocycles. The van der Waals surface area contributed by atoms with Crippen molar-refractivity contribution in [2.75, 3.05) is 31.6 Å². The van der Waals surface area contributed by atoms with Crippen molar-refractivity contribution in [1.82, 2.24) is 14.7 Å². The highest BCUT2D eigenvalue weighted by Gasteiger charge is 2.20. The molecule has 1 fully saturated rings. The maximum atomic E-state index is 5.61. The van der Waals surface area contributed by atoms with Gasteiger partial charge in [0.15, 0.2) is 0 Å². The average Bonchev–Trinajstić information content (AvgIpc) is 2.76. The van der Waals surface area contributed by atoms with Gasteiger partial charge in [0, 0.05) is 36.6 Å². The van der Waals surface area contributed by atoms with Crippen molar-refractivity contribution in [2.45, 2.75) is 32.3 Å². The lowest BCUT2D eigenvalue weighted by molar-refractivity contribution is 0.0372. The highest BCUT2D eigenvalue weighted by molar-refractivity contribution is 7.09. The first kappa shape index (κ1) is 12.7. The van der Waals surface area contributed by atoms with Crippen molar-refractivity contribution in [2.24, 2.45) is 0 Å². The Kier molecular flexibility index (Phi) is 3.96. The fourth-order valence-corrected chi connectivity index (χ4v) is 2.31. The Balaban J connectivity index is 1.84. The molecule has 1 saturated heterocycles. The molecule has 0 spiro atoms. The number of hydrogen-bond donors (Lipinski definition) is 2. The summed E-state index contributed by atoms with van der Waals surface area (Å²) in [6.07, 6.45) is 0.228. The SMILES string of the molecule is CC(C)(C)c1nsc(NCC2CNCCO2)n1. The monoisotopic (exact) mass is 256 g/mol. The van der Waals surface area contributed by atoms with Crippen LogP contribution in [0.25, 0.3) is 0 Å². The van der Waals surface area contributed by atoms with E-state index in [2.05, 4.69) is 40.8 Å². The maximum Gasteiger partial charge on any atom is 0.202 e. The summed E-state index contributed by atoms with van der Waals surface area (Å²) in [4.78, 5) is 4.49. The fraction of sp³-hybridized carbons (Fsp3) is 0.818. The molecule has 0 aromatic carbocycles. The topological polar surface area (TPSA) is 59.1 Å². The lowest BCUT2D eigenvalue weighted by atomic mass is 9.96. The predicted octanol–water partition coefficient (Wildman–Crippen LogP) is 1.24. The second-order valence-corrected chi connectivity index (χ2v) is 6.00. The third kappa shape index (κ3) is 3.62. The highest BCUT2D eigenvalue weighted by atomic mass is 32.1. The van der Waals surface area contributed by atoms with Gasteiger partial charge in [0.05, 0.1) is 12.7 Å². The van der Waals surface area contributed by atoms with Crippen LogP contribution in [-0.2, 0) is 10.2 Å². The van der Waals surface area contributed by atoms with E-state index in [1.807, 2.05) is 0 Å². The number of aromatic nitrogens is 2. The number of morpholine rings is 1. The van der Waals surface area contributed by atoms with Gasteiger partial charge >= 0.3 is 0 Å². The van der Waals surface area contributed by atoms with Crippen LogP contribution in [0.5, 0.6) is 0 Å². The number of nitrogens with zero attached hydrogens (tertiary/aromatic N) is 2. The van der Waals surface area contributed by atoms with Gasteiger partial charge in [-0.2, -0.15) is 4.37 Å². The molecule has 17 heavy (non-hydrogen) atoms. The normalized spacial score (nSPS) is 21.5. The molecule has 1 aromatic rings. The quantitative estimate of drug-likeness (QED) is 0.852. The van der Waals surface area contributed by atoms with E-state index in [4.69, 9.17) is 4.74 Å². The van der Waals surface area contributed by atoms with Gasteiger partial charge in [-0.1, -0.05) is 20.8 Å². The third-order valence-electron chi connectivity index (χ3n) is 2.58. The van der Waals surface area contributed by atoms with Crippen molar-refractivity contribution in [3.05, 3.63) is 5.82 Å². The number of anilines is 1. The van der Waals surface area contributed by atoms with E-state index in [-0.39, 0.29) is 11.5 Å². The smallest absolute Gasteiger partial charge is 0.202 e. The van der Waals surface area contributed by atoms with E-state index >= 15 is 0 Å². The van der Waals surface area contributed by atoms with Gasteiger partial charge < -0.3 is 15.4 Å². The third-order valence-corrected chi connectivity index (χ3v) is 3.25. The van der Waals surface area contributed by atoms with E-state index in [0.717, 1.165) is 37.2 Å². The first-order chi connectivity index (χ1) is 8.05. The molecule has 96 valence electrons. The van der Waals surface area contributed by atoms with Crippen molar-refractivity contribution in [3.63, 3.8) is 0 Å². The van der Waals surface area contributed by atoms with E-state index in [0.29, 0.717) is 0 Å². The molecule has 1 aliphatic heterocycles. The molecule has 5 nitrogen and oxygen atoms in total. The molecule has 2 rings (SSSR count). The molecule has 2 N–H and O–H groups in total. The lowest BCUT2D eigenvalue weighted by Crippen LogP contribution is -2.42. The number of nitrogens with one attached hydrogen (secondary N) is 2. The zero-order valence-corrected chi connectivity index (χ0v) is 11.4. The molecule has 0 radical (unpaired) electrons. The Morgan fingerprint density at radius 3 is 2.94 bits per heavy atom. The van der Waals surface area contributed by atoms with Gasteiger partial charge in [0.2, 0.25) is 5.13 Å². The molecule has 6 heteroatoms. The standard InChI is InChI=1S/C11H20N4OS/c1-11(2,3)9-14-10(17-15-9)13-7-8-6-12-4-5-16-8/h8,12H,4-7H2,1-3H3,(H,13,14,15). The van der Waals surface area contributed by atoms with Crippen molar-refractivity contribution < 1.29 is 4.74 Å². The molecule has 1 aliphatic rings. The van der Waals surface area contributed by atoms with Gasteiger partial charge in [-0.3, -0.25) is 0 Å². The van der Waals surface area contributed by atoms with E-state index < -0.39 is 0 Å². The number of ether oxygens (including phenoxy) is 1. The summed E-state index contributed by atoms with van der Waals surface area (Å²) in [5.74, 6) is 0.896. The molecule has 1 atom stereocenters. The van der Waals surface area contributed by atoms with Crippen molar-refractivity contribution >= 4 is 16.7 Å². The van der Waals surface area contributed by atoms with Crippen molar-refractivity contribution in [3.8, 4) is 0 Å². The largest absolute Gasteiger partial charge is 0.374 e. The Labute approximate surface area is 106 Å². The Morgan fingerprint density at radius 2 is 2.35 bits per heavy atom. The van der Waals surface area contributed by atoms with Crippen LogP contribution in [0.4, 0.5) is 5.13 Å². The van der Waals surface area contributed by atoms with Gasteiger partial charge in [-0.15, -0.1) is 0 Å². The second-order valence-electron chi connectivity index (χ2n) is 5.25. The number of rotatable bonds is 3. The summed E-state index contributed by atoms with van der Waals surface area (Å²) in [6.45, 7) is 9.77. The molecule has 1 aromatic heterocycles. The summed E-state index contributed by atoms with van der Waals surface area (Å²) in [7, 11) is 0. The zero-order valence-electron chi connectivity index (χ0n) is 10.6. The van der Waals surface area contributed by atoms with Crippen LogP contribution in [0, 0.1) is 0 Å². The average molecular weight is 256 g/mol. The predicted molar refractivity (Wildman–Crippen MR) is 69.7 cm³/mol. The summed E-state index contributed by atoms with van der Waals surface area (Å²) >= 11 is 1.42. The molecular formula is C11H20N4OS. The summed E-state index contributed by atoms with van der Waals surface area (Å²) in [5.41, 5.74) is 0.0132. The molecule has 0 bridgehead atoms. The van der Waals surface area contributed by atoms with Gasteiger partial charge in [0.25, 0.3) is 0 Å². The minimum atomic E-state index is 0.0132. The summed E-state index contributed by atoms with van der Waals surface area (Å²) in [6, 6.07) is 0. The minimum absolute atomic E-state index is 0.0132. The maximum absolute atomic E-state index is 5.61. The van der Waals surface area contributed by atoms with Crippen LogP contribution < -0.4 is 10.6 Å². The van der Waals surface area contributed by atoms with E-state index in [1.54, 1.807) is 0 Å². The molecular weight excluding hydrogens is 236 g/mol.